The van der Waals surface area contributed by atoms with Gasteiger partial charge in [-0.3, -0.25) is 4.99 Å². The summed E-state index contributed by atoms with van der Waals surface area (Å²) >= 11 is 0. The van der Waals surface area contributed by atoms with E-state index in [9.17, 15) is 0 Å². The number of nitrogens with two attached hydrogens (primary N) is 1. The Balaban J connectivity index is 3.48. The van der Waals surface area contributed by atoms with Gasteiger partial charge in [0.1, 0.15) is 5.82 Å². The molecule has 4 heteroatoms. The molecular formula is C24H38N4. The molecule has 0 aromatic heterocycles. The van der Waals surface area contributed by atoms with Gasteiger partial charge in [-0.15, -0.1) is 0 Å². The van der Waals surface area contributed by atoms with E-state index in [1.807, 2.05) is 32.2 Å². The predicted molar refractivity (Wildman–Crippen MR) is 125 cm³/mol. The molecule has 0 unspecified atom stereocenters. The molecule has 0 atom stereocenters. The van der Waals surface area contributed by atoms with Crippen molar-refractivity contribution in [2.75, 3.05) is 7.05 Å². The minimum atomic E-state index is 0.424. The molecule has 1 fully saturated rings. The highest BCUT2D eigenvalue weighted by Crippen LogP contribution is 2.23. The second-order valence-electron chi connectivity index (χ2n) is 7.26. The van der Waals surface area contributed by atoms with E-state index in [0.717, 1.165) is 29.1 Å². The molecule has 28 heavy (non-hydrogen) atoms. The smallest absolute Gasteiger partial charge is 0.125 e. The van der Waals surface area contributed by atoms with Crippen molar-refractivity contribution in [1.29, 1.82) is 0 Å². The van der Waals surface area contributed by atoms with E-state index in [2.05, 4.69) is 37.3 Å². The molecule has 3 N–H and O–H groups in total. The molecule has 0 aliphatic heterocycles. The molecule has 0 aromatic rings. The number of hydrogen-bond donors (Lipinski definition) is 2. The largest absolute Gasteiger partial charge is 0.399 e. The molecule has 0 spiro atoms. The highest BCUT2D eigenvalue weighted by Gasteiger charge is 2.19. The first-order valence-corrected chi connectivity index (χ1v) is 10.3. The van der Waals surface area contributed by atoms with Crippen molar-refractivity contribution in [3.05, 3.63) is 59.1 Å². The highest BCUT2D eigenvalue weighted by atomic mass is 15.1. The zero-order valence-corrected chi connectivity index (χ0v) is 18.4. The fourth-order valence-corrected chi connectivity index (χ4v) is 3.29. The third kappa shape index (κ3) is 6.66. The molecule has 154 valence electrons. The van der Waals surface area contributed by atoms with E-state index in [1.165, 1.54) is 37.7 Å². The number of nitrogens with zero attached hydrogens (tertiary/aromatic N) is 2. The van der Waals surface area contributed by atoms with Crippen LogP contribution in [0.3, 0.4) is 0 Å². The summed E-state index contributed by atoms with van der Waals surface area (Å²) < 4.78 is 0. The van der Waals surface area contributed by atoms with Crippen LogP contribution in [0.5, 0.6) is 0 Å². The van der Waals surface area contributed by atoms with Crippen LogP contribution in [0.2, 0.25) is 0 Å². The minimum absolute atomic E-state index is 0.424. The molecule has 0 aromatic carbocycles. The number of allylic oxidation sites excluding steroid dienone is 6. The van der Waals surface area contributed by atoms with E-state index < -0.39 is 0 Å². The average Bonchev–Trinajstić information content (AvgIpc) is 2.71. The van der Waals surface area contributed by atoms with Crippen LogP contribution in [-0.2, 0) is 0 Å². The molecule has 1 aliphatic carbocycles. The van der Waals surface area contributed by atoms with Gasteiger partial charge in [0.25, 0.3) is 0 Å². The minimum Gasteiger partial charge on any atom is -0.399 e. The van der Waals surface area contributed by atoms with Crippen molar-refractivity contribution in [1.82, 2.24) is 5.32 Å². The van der Waals surface area contributed by atoms with Crippen LogP contribution in [0.15, 0.2) is 69.1 Å². The summed E-state index contributed by atoms with van der Waals surface area (Å²) in [6.45, 7) is 16.3. The molecular weight excluding hydrogens is 344 g/mol. The van der Waals surface area contributed by atoms with Gasteiger partial charge in [-0.2, -0.15) is 0 Å². The molecule has 0 radical (unpaired) electrons. The van der Waals surface area contributed by atoms with Crippen molar-refractivity contribution >= 4 is 11.9 Å². The Hall–Kier alpha value is -2.36. The first-order valence-electron chi connectivity index (χ1n) is 10.3. The quantitative estimate of drug-likeness (QED) is 0.402. The van der Waals surface area contributed by atoms with Crippen LogP contribution in [-0.4, -0.2) is 25.0 Å². The van der Waals surface area contributed by atoms with Crippen molar-refractivity contribution in [3.8, 4) is 0 Å². The lowest BCUT2D eigenvalue weighted by atomic mass is 9.94. The third-order valence-corrected chi connectivity index (χ3v) is 5.21. The molecule has 1 saturated carbocycles. The molecule has 0 bridgehead atoms. The van der Waals surface area contributed by atoms with Gasteiger partial charge < -0.3 is 11.1 Å². The molecule has 4 nitrogen and oxygen atoms in total. The Bertz CT molecular complexity index is 711. The summed E-state index contributed by atoms with van der Waals surface area (Å²) in [4.78, 5) is 9.24. The van der Waals surface area contributed by atoms with Crippen LogP contribution < -0.4 is 11.1 Å². The lowest BCUT2D eigenvalue weighted by molar-refractivity contribution is 0.394. The van der Waals surface area contributed by atoms with Gasteiger partial charge in [-0.05, 0) is 51.2 Å². The Labute approximate surface area is 171 Å². The first kappa shape index (κ1) is 23.7. The number of nitrogens with one attached hydrogen (secondary N) is 1. The lowest BCUT2D eigenvalue weighted by Gasteiger charge is -2.26. The maximum atomic E-state index is 6.02. The van der Waals surface area contributed by atoms with Gasteiger partial charge in [0.15, 0.2) is 0 Å². The topological polar surface area (TPSA) is 62.8 Å². The standard InChI is InChI=1S/C24H38N4/c1-8-17(4)24(27-21-14-12-11-13-15-21)28-23(18(5)19(6)25)22(10-3)20(9-2)16-26-7/h9-10,16,21,27H,5-6,8,11-15,25H2,1-4,7H3/b20-9?,22-10-,24-17+,26-16?,28-23+. The Kier molecular flexibility index (Phi) is 10.3. The Morgan fingerprint density at radius 2 is 1.79 bits per heavy atom. The molecule has 0 heterocycles. The normalized spacial score (nSPS) is 18.2. The number of hydrogen-bond acceptors (Lipinski definition) is 4. The summed E-state index contributed by atoms with van der Waals surface area (Å²) in [6, 6.07) is 0.469. The van der Waals surface area contributed by atoms with Crippen LogP contribution in [0.4, 0.5) is 0 Å². The number of rotatable bonds is 9. The monoisotopic (exact) mass is 382 g/mol. The molecule has 0 saturated heterocycles. The number of aliphatic imine (C=N–C) groups is 2. The van der Waals surface area contributed by atoms with Gasteiger partial charge in [0.05, 0.1) is 5.71 Å². The van der Waals surface area contributed by atoms with Gasteiger partial charge in [0, 0.05) is 36.1 Å². The second-order valence-corrected chi connectivity index (χ2v) is 7.26. The molecule has 1 rings (SSSR count). The van der Waals surface area contributed by atoms with Gasteiger partial charge >= 0.3 is 0 Å². The summed E-state index contributed by atoms with van der Waals surface area (Å²) in [7, 11) is 1.77. The van der Waals surface area contributed by atoms with Crippen LogP contribution >= 0.6 is 0 Å². The summed E-state index contributed by atoms with van der Waals surface area (Å²) in [5, 5.41) is 3.70. The summed E-state index contributed by atoms with van der Waals surface area (Å²) in [6.07, 6.45) is 13.1. The van der Waals surface area contributed by atoms with E-state index in [0.29, 0.717) is 17.3 Å². The second kappa shape index (κ2) is 12.2. The van der Waals surface area contributed by atoms with Crippen LogP contribution in [0.1, 0.15) is 66.2 Å². The van der Waals surface area contributed by atoms with Crippen LogP contribution in [0, 0.1) is 0 Å². The van der Waals surface area contributed by atoms with E-state index >= 15 is 0 Å². The Morgan fingerprint density at radius 3 is 2.25 bits per heavy atom. The average molecular weight is 383 g/mol. The van der Waals surface area contributed by atoms with Crippen molar-refractivity contribution in [2.45, 2.75) is 72.3 Å². The summed E-state index contributed by atoms with van der Waals surface area (Å²) in [5.41, 5.74) is 11.0. The van der Waals surface area contributed by atoms with Crippen molar-refractivity contribution in [3.63, 3.8) is 0 Å². The Morgan fingerprint density at radius 1 is 1.14 bits per heavy atom. The maximum Gasteiger partial charge on any atom is 0.125 e. The highest BCUT2D eigenvalue weighted by molar-refractivity contribution is 6.20. The zero-order valence-electron chi connectivity index (χ0n) is 18.4. The van der Waals surface area contributed by atoms with Crippen LogP contribution in [0.25, 0.3) is 0 Å². The predicted octanol–water partition coefficient (Wildman–Crippen LogP) is 5.61. The maximum absolute atomic E-state index is 6.02. The van der Waals surface area contributed by atoms with Crippen molar-refractivity contribution in [2.24, 2.45) is 15.7 Å². The fourth-order valence-electron chi connectivity index (χ4n) is 3.29. The van der Waals surface area contributed by atoms with Crippen molar-refractivity contribution < 1.29 is 0 Å². The first-order chi connectivity index (χ1) is 13.4. The third-order valence-electron chi connectivity index (χ3n) is 5.21. The van der Waals surface area contributed by atoms with E-state index in [-0.39, 0.29) is 0 Å². The van der Waals surface area contributed by atoms with E-state index in [1.54, 1.807) is 7.05 Å². The van der Waals surface area contributed by atoms with Gasteiger partial charge in [-0.1, -0.05) is 51.5 Å². The lowest BCUT2D eigenvalue weighted by Crippen LogP contribution is -2.31. The van der Waals surface area contributed by atoms with E-state index in [4.69, 9.17) is 10.7 Å². The summed E-state index contributed by atoms with van der Waals surface area (Å²) in [5.74, 6) is 0.926. The zero-order chi connectivity index (χ0) is 21.1. The SMILES string of the molecule is C=C(N)C(=C)C(=N\C(NC1CCCCC1)=C(/C)CC)/C(=C\C)C(C=NC)=CC. The van der Waals surface area contributed by atoms with Gasteiger partial charge in [-0.25, -0.2) is 4.99 Å². The fraction of sp³-hybridized carbons (Fsp3) is 0.500. The molecule has 0 amide bonds. The van der Waals surface area contributed by atoms with Gasteiger partial charge in [0.2, 0.25) is 0 Å². The molecule has 1 aliphatic rings.